The minimum atomic E-state index is 0.263. The summed E-state index contributed by atoms with van der Waals surface area (Å²) >= 11 is 0. The Bertz CT molecular complexity index is 491. The van der Waals surface area contributed by atoms with Crippen LogP contribution in [0.25, 0.3) is 0 Å². The molecule has 0 saturated carbocycles. The predicted molar refractivity (Wildman–Crippen MR) is 70.5 cm³/mol. The number of rotatable bonds is 3. The maximum Gasteiger partial charge on any atom is 0.115 e. The number of hydrazone groups is 1. The third-order valence-electron chi connectivity index (χ3n) is 2.40. The average Bonchev–Trinajstić information content (AvgIpc) is 2.39. The summed E-state index contributed by atoms with van der Waals surface area (Å²) in [5.74, 6) is 0.263. The number of benzene rings is 2. The zero-order valence-electron chi connectivity index (χ0n) is 9.62. The Balaban J connectivity index is 2.08. The summed E-state index contributed by atoms with van der Waals surface area (Å²) in [7, 11) is 1.90. The van der Waals surface area contributed by atoms with Crippen molar-refractivity contribution in [1.29, 1.82) is 0 Å². The molecule has 2 rings (SSSR count). The fourth-order valence-electron chi connectivity index (χ4n) is 1.42. The summed E-state index contributed by atoms with van der Waals surface area (Å²) < 4.78 is 0. The van der Waals surface area contributed by atoms with Gasteiger partial charge in [0.05, 0.1) is 11.9 Å². The first-order valence-corrected chi connectivity index (χ1v) is 5.37. The molecule has 0 unspecified atom stereocenters. The molecule has 0 heterocycles. The van der Waals surface area contributed by atoms with Crippen LogP contribution < -0.4 is 5.01 Å². The second-order valence-corrected chi connectivity index (χ2v) is 3.70. The van der Waals surface area contributed by atoms with Crippen LogP contribution in [0.1, 0.15) is 5.56 Å². The molecule has 0 aliphatic carbocycles. The number of anilines is 1. The third kappa shape index (κ3) is 3.08. The fourth-order valence-corrected chi connectivity index (χ4v) is 1.42. The van der Waals surface area contributed by atoms with Crippen LogP contribution in [0.4, 0.5) is 5.69 Å². The van der Waals surface area contributed by atoms with Crippen LogP contribution in [0.5, 0.6) is 5.75 Å². The summed E-state index contributed by atoms with van der Waals surface area (Å²) in [4.78, 5) is 0. The lowest BCUT2D eigenvalue weighted by Gasteiger charge is -2.11. The molecule has 0 spiro atoms. The van der Waals surface area contributed by atoms with Crippen molar-refractivity contribution in [3.8, 4) is 5.75 Å². The molecule has 86 valence electrons. The summed E-state index contributed by atoms with van der Waals surface area (Å²) in [6.45, 7) is 0. The fraction of sp³-hybridized carbons (Fsp3) is 0.0714. The van der Waals surface area contributed by atoms with E-state index in [1.165, 1.54) is 0 Å². The molecule has 0 amide bonds. The number of aromatic hydroxyl groups is 1. The van der Waals surface area contributed by atoms with E-state index < -0.39 is 0 Å². The van der Waals surface area contributed by atoms with E-state index in [1.807, 2.05) is 49.5 Å². The van der Waals surface area contributed by atoms with Crippen molar-refractivity contribution in [2.24, 2.45) is 5.10 Å². The Kier molecular flexibility index (Phi) is 3.40. The molecule has 0 aromatic heterocycles. The SMILES string of the molecule is CN(/N=C/c1ccc(O)cc1)c1ccccc1. The van der Waals surface area contributed by atoms with Crippen LogP contribution in [-0.4, -0.2) is 18.4 Å². The van der Waals surface area contributed by atoms with Gasteiger partial charge in [-0.05, 0) is 42.0 Å². The summed E-state index contributed by atoms with van der Waals surface area (Å²) in [6.07, 6.45) is 1.76. The van der Waals surface area contributed by atoms with Crippen molar-refractivity contribution in [1.82, 2.24) is 0 Å². The zero-order valence-corrected chi connectivity index (χ0v) is 9.62. The Morgan fingerprint density at radius 1 is 1.00 bits per heavy atom. The standard InChI is InChI=1S/C14H14N2O/c1-16(13-5-3-2-4-6-13)15-11-12-7-9-14(17)10-8-12/h2-11,17H,1H3/b15-11+. The highest BCUT2D eigenvalue weighted by atomic mass is 16.3. The van der Waals surface area contributed by atoms with Crippen LogP contribution in [-0.2, 0) is 0 Å². The van der Waals surface area contributed by atoms with E-state index in [2.05, 4.69) is 5.10 Å². The second kappa shape index (κ2) is 5.16. The molecule has 17 heavy (non-hydrogen) atoms. The number of para-hydroxylation sites is 1. The summed E-state index contributed by atoms with van der Waals surface area (Å²) in [5.41, 5.74) is 1.98. The molecular formula is C14H14N2O. The van der Waals surface area contributed by atoms with Gasteiger partial charge in [0.2, 0.25) is 0 Å². The maximum absolute atomic E-state index is 9.16. The monoisotopic (exact) mass is 226 g/mol. The molecule has 3 heteroatoms. The zero-order chi connectivity index (χ0) is 12.1. The van der Waals surface area contributed by atoms with Gasteiger partial charge < -0.3 is 5.11 Å². The van der Waals surface area contributed by atoms with Crippen LogP contribution >= 0.6 is 0 Å². The van der Waals surface area contributed by atoms with Crippen molar-refractivity contribution < 1.29 is 5.11 Å². The first-order chi connectivity index (χ1) is 8.25. The smallest absolute Gasteiger partial charge is 0.115 e. The highest BCUT2D eigenvalue weighted by Gasteiger charge is 1.95. The van der Waals surface area contributed by atoms with E-state index in [4.69, 9.17) is 5.11 Å². The maximum atomic E-state index is 9.16. The summed E-state index contributed by atoms with van der Waals surface area (Å²) in [5, 5.41) is 15.3. The number of hydrogen-bond acceptors (Lipinski definition) is 3. The van der Waals surface area contributed by atoms with Crippen LogP contribution in [0.2, 0.25) is 0 Å². The van der Waals surface area contributed by atoms with Crippen molar-refractivity contribution >= 4 is 11.9 Å². The number of phenolic OH excluding ortho intramolecular Hbond substituents is 1. The van der Waals surface area contributed by atoms with Gasteiger partial charge in [0.15, 0.2) is 0 Å². The first kappa shape index (κ1) is 11.2. The second-order valence-electron chi connectivity index (χ2n) is 3.70. The number of nitrogens with zero attached hydrogens (tertiary/aromatic N) is 2. The van der Waals surface area contributed by atoms with Crippen molar-refractivity contribution in [2.45, 2.75) is 0 Å². The van der Waals surface area contributed by atoms with E-state index in [9.17, 15) is 0 Å². The van der Waals surface area contributed by atoms with Crippen LogP contribution in [0.3, 0.4) is 0 Å². The van der Waals surface area contributed by atoms with Gasteiger partial charge in [-0.1, -0.05) is 18.2 Å². The van der Waals surface area contributed by atoms with Crippen molar-refractivity contribution in [2.75, 3.05) is 12.1 Å². The Morgan fingerprint density at radius 3 is 2.29 bits per heavy atom. The molecule has 2 aromatic carbocycles. The van der Waals surface area contributed by atoms with Gasteiger partial charge >= 0.3 is 0 Å². The van der Waals surface area contributed by atoms with E-state index in [0.717, 1.165) is 11.3 Å². The molecule has 0 aliphatic rings. The topological polar surface area (TPSA) is 35.8 Å². The lowest BCUT2D eigenvalue weighted by atomic mass is 10.2. The van der Waals surface area contributed by atoms with Gasteiger partial charge in [-0.3, -0.25) is 5.01 Å². The lowest BCUT2D eigenvalue weighted by molar-refractivity contribution is 0.475. The minimum Gasteiger partial charge on any atom is -0.508 e. The van der Waals surface area contributed by atoms with Gasteiger partial charge in [0, 0.05) is 7.05 Å². The molecule has 0 saturated heterocycles. The number of hydrogen-bond donors (Lipinski definition) is 1. The lowest BCUT2D eigenvalue weighted by Crippen LogP contribution is -2.08. The predicted octanol–water partition coefficient (Wildman–Crippen LogP) is 2.86. The highest BCUT2D eigenvalue weighted by molar-refractivity contribution is 5.80. The molecule has 0 atom stereocenters. The third-order valence-corrected chi connectivity index (χ3v) is 2.40. The molecule has 1 N–H and O–H groups in total. The molecule has 0 radical (unpaired) electrons. The van der Waals surface area contributed by atoms with E-state index >= 15 is 0 Å². The molecule has 0 bridgehead atoms. The van der Waals surface area contributed by atoms with Gasteiger partial charge in [-0.2, -0.15) is 5.10 Å². The van der Waals surface area contributed by atoms with Gasteiger partial charge in [-0.25, -0.2) is 0 Å². The molecule has 0 fully saturated rings. The van der Waals surface area contributed by atoms with Crippen molar-refractivity contribution in [3.05, 3.63) is 60.2 Å². The van der Waals surface area contributed by atoms with Gasteiger partial charge in [0.25, 0.3) is 0 Å². The van der Waals surface area contributed by atoms with Crippen LogP contribution in [0, 0.1) is 0 Å². The highest BCUT2D eigenvalue weighted by Crippen LogP contribution is 2.12. The average molecular weight is 226 g/mol. The van der Waals surface area contributed by atoms with Crippen molar-refractivity contribution in [3.63, 3.8) is 0 Å². The van der Waals surface area contributed by atoms with Crippen LogP contribution in [0.15, 0.2) is 59.7 Å². The summed E-state index contributed by atoms with van der Waals surface area (Å²) in [6, 6.07) is 16.8. The van der Waals surface area contributed by atoms with E-state index in [-0.39, 0.29) is 5.75 Å². The Hall–Kier alpha value is -2.29. The minimum absolute atomic E-state index is 0.263. The Labute approximate surface area is 101 Å². The first-order valence-electron chi connectivity index (χ1n) is 5.37. The largest absolute Gasteiger partial charge is 0.508 e. The number of phenols is 1. The Morgan fingerprint density at radius 2 is 1.65 bits per heavy atom. The molecule has 3 nitrogen and oxygen atoms in total. The quantitative estimate of drug-likeness (QED) is 0.645. The van der Waals surface area contributed by atoms with E-state index in [1.54, 1.807) is 23.4 Å². The molecular weight excluding hydrogens is 212 g/mol. The van der Waals surface area contributed by atoms with E-state index in [0.29, 0.717) is 0 Å². The molecule has 0 aliphatic heterocycles. The molecule has 2 aromatic rings. The normalized spacial score (nSPS) is 10.6. The van der Waals surface area contributed by atoms with Gasteiger partial charge in [0.1, 0.15) is 5.75 Å². The van der Waals surface area contributed by atoms with Gasteiger partial charge in [-0.15, -0.1) is 0 Å².